The number of nitro groups is 1. The molecular formula is C13H11N3O4. The van der Waals surface area contributed by atoms with Gasteiger partial charge in [0.1, 0.15) is 17.2 Å². The van der Waals surface area contributed by atoms with Gasteiger partial charge in [-0.2, -0.15) is 0 Å². The lowest BCUT2D eigenvalue weighted by atomic mass is 10.2. The molecular weight excluding hydrogens is 262 g/mol. The summed E-state index contributed by atoms with van der Waals surface area (Å²) >= 11 is 0. The third-order valence-electron chi connectivity index (χ3n) is 2.60. The normalized spacial score (nSPS) is 10.8. The molecule has 0 fully saturated rings. The van der Waals surface area contributed by atoms with Crippen molar-refractivity contribution < 1.29 is 15.1 Å². The molecule has 0 saturated carbocycles. The third kappa shape index (κ3) is 2.72. The Kier molecular flexibility index (Phi) is 3.60. The summed E-state index contributed by atoms with van der Waals surface area (Å²) in [6, 6.07) is 8.44. The highest BCUT2D eigenvalue weighted by atomic mass is 16.6. The van der Waals surface area contributed by atoms with Gasteiger partial charge in [0, 0.05) is 12.1 Å². The first kappa shape index (κ1) is 13.5. The van der Waals surface area contributed by atoms with Crippen LogP contribution in [0.5, 0.6) is 11.5 Å². The van der Waals surface area contributed by atoms with E-state index in [1.165, 1.54) is 24.3 Å². The van der Waals surface area contributed by atoms with Crippen LogP contribution in [0.2, 0.25) is 0 Å². The zero-order chi connectivity index (χ0) is 14.7. The molecule has 0 amide bonds. The molecule has 0 spiro atoms. The molecule has 0 bridgehead atoms. The molecule has 2 aromatic carbocycles. The monoisotopic (exact) mass is 273 g/mol. The summed E-state index contributed by atoms with van der Waals surface area (Å²) in [4.78, 5) is 10.3. The Hall–Kier alpha value is -2.96. The van der Waals surface area contributed by atoms with Gasteiger partial charge in [0.25, 0.3) is 5.69 Å². The molecule has 0 aliphatic rings. The lowest BCUT2D eigenvalue weighted by molar-refractivity contribution is -0.384. The Morgan fingerprint density at radius 1 is 1.15 bits per heavy atom. The minimum absolute atomic E-state index is 0.0874. The van der Waals surface area contributed by atoms with E-state index in [9.17, 15) is 20.3 Å². The van der Waals surface area contributed by atoms with Crippen molar-refractivity contribution >= 4 is 17.1 Å². The van der Waals surface area contributed by atoms with Crippen LogP contribution >= 0.6 is 0 Å². The number of nitro benzene ring substituents is 1. The van der Waals surface area contributed by atoms with E-state index in [4.69, 9.17) is 0 Å². The van der Waals surface area contributed by atoms with Gasteiger partial charge >= 0.3 is 0 Å². The van der Waals surface area contributed by atoms with E-state index < -0.39 is 4.92 Å². The molecule has 0 radical (unpaired) electrons. The number of aryl methyl sites for hydroxylation is 1. The van der Waals surface area contributed by atoms with Crippen LogP contribution in [0.15, 0.2) is 46.6 Å². The number of para-hydroxylation sites is 1. The van der Waals surface area contributed by atoms with Crippen LogP contribution < -0.4 is 0 Å². The minimum Gasteiger partial charge on any atom is -0.508 e. The fraction of sp³-hybridized carbons (Fsp3) is 0.0769. The second-order valence-corrected chi connectivity index (χ2v) is 4.08. The van der Waals surface area contributed by atoms with E-state index in [1.54, 1.807) is 13.0 Å². The van der Waals surface area contributed by atoms with Crippen LogP contribution in [0.25, 0.3) is 0 Å². The number of phenols is 2. The number of rotatable bonds is 3. The van der Waals surface area contributed by atoms with Gasteiger partial charge < -0.3 is 10.2 Å². The predicted octanol–water partition coefficient (Wildman–Crippen LogP) is 3.73. The highest BCUT2D eigenvalue weighted by molar-refractivity contribution is 5.61. The Morgan fingerprint density at radius 2 is 1.85 bits per heavy atom. The number of aromatic hydroxyl groups is 2. The molecule has 0 aromatic heterocycles. The summed E-state index contributed by atoms with van der Waals surface area (Å²) in [5, 5.41) is 37.4. The van der Waals surface area contributed by atoms with Crippen molar-refractivity contribution in [3.05, 3.63) is 52.1 Å². The van der Waals surface area contributed by atoms with E-state index in [2.05, 4.69) is 10.2 Å². The van der Waals surface area contributed by atoms with Gasteiger partial charge in [0.05, 0.1) is 4.92 Å². The highest BCUT2D eigenvalue weighted by Gasteiger charge is 2.12. The summed E-state index contributed by atoms with van der Waals surface area (Å²) in [5.41, 5.74) is 0.572. The van der Waals surface area contributed by atoms with E-state index in [0.717, 1.165) is 6.07 Å². The van der Waals surface area contributed by atoms with Crippen LogP contribution in [-0.2, 0) is 0 Å². The van der Waals surface area contributed by atoms with Crippen molar-refractivity contribution in [3.63, 3.8) is 0 Å². The first-order valence-electron chi connectivity index (χ1n) is 5.67. The van der Waals surface area contributed by atoms with E-state index >= 15 is 0 Å². The van der Waals surface area contributed by atoms with Crippen LogP contribution in [0.4, 0.5) is 17.1 Å². The Balaban J connectivity index is 2.43. The predicted molar refractivity (Wildman–Crippen MR) is 71.8 cm³/mol. The van der Waals surface area contributed by atoms with E-state index in [0.29, 0.717) is 5.56 Å². The molecule has 0 unspecified atom stereocenters. The number of benzene rings is 2. The number of hydrogen-bond donors (Lipinski definition) is 2. The zero-order valence-corrected chi connectivity index (χ0v) is 10.5. The Labute approximate surface area is 114 Å². The lowest BCUT2D eigenvalue weighted by Crippen LogP contribution is -1.87. The Bertz CT molecular complexity index is 675. The van der Waals surface area contributed by atoms with Gasteiger partial charge in [-0.1, -0.05) is 12.1 Å². The molecule has 0 atom stereocenters. The summed E-state index contributed by atoms with van der Waals surface area (Å²) in [7, 11) is 0. The maximum atomic E-state index is 10.8. The molecule has 20 heavy (non-hydrogen) atoms. The highest BCUT2D eigenvalue weighted by Crippen LogP contribution is 2.36. The smallest absolute Gasteiger partial charge is 0.296 e. The molecule has 2 N–H and O–H groups in total. The van der Waals surface area contributed by atoms with Crippen molar-refractivity contribution in [2.45, 2.75) is 6.92 Å². The minimum atomic E-state index is -0.558. The lowest BCUT2D eigenvalue weighted by Gasteiger charge is -2.03. The second-order valence-electron chi connectivity index (χ2n) is 4.08. The van der Waals surface area contributed by atoms with Gasteiger partial charge in [0.15, 0.2) is 5.69 Å². The number of hydrogen-bond acceptors (Lipinski definition) is 6. The Morgan fingerprint density at radius 3 is 2.50 bits per heavy atom. The summed E-state index contributed by atoms with van der Waals surface area (Å²) < 4.78 is 0. The number of nitrogens with zero attached hydrogens (tertiary/aromatic N) is 3. The first-order valence-corrected chi connectivity index (χ1v) is 5.67. The molecule has 7 heteroatoms. The van der Waals surface area contributed by atoms with Crippen molar-refractivity contribution in [1.82, 2.24) is 0 Å². The first-order chi connectivity index (χ1) is 9.49. The van der Waals surface area contributed by atoms with Crippen LogP contribution in [-0.4, -0.2) is 15.1 Å². The zero-order valence-electron chi connectivity index (χ0n) is 10.5. The van der Waals surface area contributed by atoms with Crippen molar-refractivity contribution in [2.75, 3.05) is 0 Å². The largest absolute Gasteiger partial charge is 0.508 e. The molecule has 7 nitrogen and oxygen atoms in total. The van der Waals surface area contributed by atoms with Crippen molar-refractivity contribution in [2.24, 2.45) is 10.2 Å². The topological polar surface area (TPSA) is 108 Å². The van der Waals surface area contributed by atoms with Gasteiger partial charge in [-0.15, -0.1) is 10.2 Å². The second kappa shape index (κ2) is 5.35. The summed E-state index contributed by atoms with van der Waals surface area (Å²) in [6.45, 7) is 1.63. The maximum Gasteiger partial charge on any atom is 0.296 e. The van der Waals surface area contributed by atoms with E-state index in [1.807, 2.05) is 0 Å². The van der Waals surface area contributed by atoms with E-state index in [-0.39, 0.29) is 28.6 Å². The molecule has 102 valence electrons. The molecule has 0 heterocycles. The summed E-state index contributed by atoms with van der Waals surface area (Å²) in [5.74, 6) is -0.338. The fourth-order valence-electron chi connectivity index (χ4n) is 1.68. The SMILES string of the molecule is Cc1cc(O)cc(O)c1N=Nc1ccccc1[N+](=O)[O-]. The maximum absolute atomic E-state index is 10.8. The van der Waals surface area contributed by atoms with Crippen LogP contribution in [0, 0.1) is 17.0 Å². The average Bonchev–Trinajstić information content (AvgIpc) is 2.37. The van der Waals surface area contributed by atoms with Crippen molar-refractivity contribution in [1.29, 1.82) is 0 Å². The van der Waals surface area contributed by atoms with Crippen LogP contribution in [0.1, 0.15) is 5.56 Å². The standard InChI is InChI=1S/C13H11N3O4/c1-8-6-9(17)7-12(18)13(8)15-14-10-4-2-3-5-11(10)16(19)20/h2-7,17-18H,1H3. The number of phenolic OH excluding ortho intramolecular Hbond substituents is 2. The quantitative estimate of drug-likeness (QED) is 0.504. The summed E-state index contributed by atoms with van der Waals surface area (Å²) in [6.07, 6.45) is 0. The molecule has 0 aliphatic carbocycles. The third-order valence-corrected chi connectivity index (χ3v) is 2.60. The van der Waals surface area contributed by atoms with Gasteiger partial charge in [-0.25, -0.2) is 0 Å². The number of azo groups is 1. The van der Waals surface area contributed by atoms with Crippen molar-refractivity contribution in [3.8, 4) is 11.5 Å². The molecule has 0 saturated heterocycles. The fourth-order valence-corrected chi connectivity index (χ4v) is 1.68. The average molecular weight is 273 g/mol. The van der Waals surface area contributed by atoms with Gasteiger partial charge in [-0.3, -0.25) is 10.1 Å². The molecule has 2 aromatic rings. The van der Waals surface area contributed by atoms with Crippen LogP contribution in [0.3, 0.4) is 0 Å². The van der Waals surface area contributed by atoms with Gasteiger partial charge in [-0.05, 0) is 24.6 Å². The van der Waals surface area contributed by atoms with Gasteiger partial charge in [0.2, 0.25) is 0 Å². The molecule has 2 rings (SSSR count). The molecule has 0 aliphatic heterocycles.